The minimum absolute atomic E-state index is 0.0640. The molecule has 0 radical (unpaired) electrons. The summed E-state index contributed by atoms with van der Waals surface area (Å²) in [4.78, 5) is 18.5. The van der Waals surface area contributed by atoms with Crippen LogP contribution in [0.3, 0.4) is 0 Å². The highest BCUT2D eigenvalue weighted by Crippen LogP contribution is 2.39. The number of piperidine rings is 1. The number of aliphatic hydroxyl groups excluding tert-OH is 1. The second-order valence-electron chi connectivity index (χ2n) is 7.92. The van der Waals surface area contributed by atoms with Crippen LogP contribution in [0.15, 0.2) is 18.3 Å². The summed E-state index contributed by atoms with van der Waals surface area (Å²) in [6.45, 7) is 5.55. The third-order valence-corrected chi connectivity index (χ3v) is 5.66. The van der Waals surface area contributed by atoms with Crippen LogP contribution in [0, 0.1) is 11.8 Å². The molecule has 1 atom stereocenters. The fourth-order valence-corrected chi connectivity index (χ4v) is 3.99. The quantitative estimate of drug-likeness (QED) is 0.812. The molecule has 26 heavy (non-hydrogen) atoms. The first-order valence-electron chi connectivity index (χ1n) is 9.70. The summed E-state index contributed by atoms with van der Waals surface area (Å²) in [5.41, 5.74) is 1.14. The summed E-state index contributed by atoms with van der Waals surface area (Å²) in [5, 5.41) is 13.5. The standard InChI is InChI=1S/C20H31N3O3/c1-13(2)20(25)23-8-6-16(7-9-23)22-19(15-10-17(24)11-15)14-4-5-18(26-3)21-12-14/h4-5,12-13,15-17,19,22,24H,6-11H2,1-3H3. The fourth-order valence-electron chi connectivity index (χ4n) is 3.99. The Morgan fingerprint density at radius 1 is 1.31 bits per heavy atom. The summed E-state index contributed by atoms with van der Waals surface area (Å²) in [7, 11) is 1.62. The molecule has 0 bridgehead atoms. The van der Waals surface area contributed by atoms with Crippen LogP contribution in [0.25, 0.3) is 0 Å². The number of pyridine rings is 1. The maximum Gasteiger partial charge on any atom is 0.225 e. The first kappa shape index (κ1) is 19.1. The highest BCUT2D eigenvalue weighted by Gasteiger charge is 2.36. The van der Waals surface area contributed by atoms with Crippen molar-refractivity contribution in [3.05, 3.63) is 23.9 Å². The lowest BCUT2D eigenvalue weighted by molar-refractivity contribution is -0.135. The van der Waals surface area contributed by atoms with Gasteiger partial charge in [0.1, 0.15) is 0 Å². The van der Waals surface area contributed by atoms with Crippen molar-refractivity contribution in [2.24, 2.45) is 11.8 Å². The number of carbonyl (C=O) groups excluding carboxylic acids is 1. The molecule has 6 nitrogen and oxygen atoms in total. The number of nitrogens with zero attached hydrogens (tertiary/aromatic N) is 2. The van der Waals surface area contributed by atoms with E-state index in [4.69, 9.17) is 4.74 Å². The SMILES string of the molecule is COc1ccc(C(NC2CCN(C(=O)C(C)C)CC2)C2CC(O)C2)cn1. The van der Waals surface area contributed by atoms with E-state index in [1.54, 1.807) is 7.11 Å². The first-order chi connectivity index (χ1) is 12.5. The maximum absolute atomic E-state index is 12.2. The minimum atomic E-state index is -0.180. The van der Waals surface area contributed by atoms with Gasteiger partial charge < -0.3 is 20.1 Å². The average molecular weight is 361 g/mol. The number of likely N-dealkylation sites (tertiary alicyclic amines) is 1. The number of hydrogen-bond acceptors (Lipinski definition) is 5. The third-order valence-electron chi connectivity index (χ3n) is 5.66. The summed E-state index contributed by atoms with van der Waals surface area (Å²) >= 11 is 0. The highest BCUT2D eigenvalue weighted by molar-refractivity contribution is 5.78. The molecule has 0 spiro atoms. The van der Waals surface area contributed by atoms with Crippen molar-refractivity contribution in [1.82, 2.24) is 15.2 Å². The Labute approximate surface area is 155 Å². The van der Waals surface area contributed by atoms with Gasteiger partial charge in [-0.15, -0.1) is 0 Å². The summed E-state index contributed by atoms with van der Waals surface area (Å²) in [6, 6.07) is 4.53. The molecule has 2 fully saturated rings. The van der Waals surface area contributed by atoms with Crippen molar-refractivity contribution in [2.45, 2.75) is 57.7 Å². The average Bonchev–Trinajstić information content (AvgIpc) is 2.64. The smallest absolute Gasteiger partial charge is 0.225 e. The van der Waals surface area contributed by atoms with E-state index < -0.39 is 0 Å². The Morgan fingerprint density at radius 2 is 2.00 bits per heavy atom. The molecule has 1 amide bonds. The van der Waals surface area contributed by atoms with Gasteiger partial charge >= 0.3 is 0 Å². The summed E-state index contributed by atoms with van der Waals surface area (Å²) < 4.78 is 5.16. The molecule has 0 aromatic carbocycles. The molecule has 1 saturated heterocycles. The van der Waals surface area contributed by atoms with Gasteiger partial charge in [-0.3, -0.25) is 4.79 Å². The highest BCUT2D eigenvalue weighted by atomic mass is 16.5. The van der Waals surface area contributed by atoms with Crippen LogP contribution in [0.1, 0.15) is 51.1 Å². The molecule has 6 heteroatoms. The van der Waals surface area contributed by atoms with E-state index in [0.29, 0.717) is 17.8 Å². The van der Waals surface area contributed by atoms with E-state index >= 15 is 0 Å². The lowest BCUT2D eigenvalue weighted by Gasteiger charge is -2.42. The number of amides is 1. The lowest BCUT2D eigenvalue weighted by atomic mass is 9.75. The second-order valence-corrected chi connectivity index (χ2v) is 7.92. The van der Waals surface area contributed by atoms with Crippen molar-refractivity contribution in [3.63, 3.8) is 0 Å². The molecule has 1 aliphatic heterocycles. The van der Waals surface area contributed by atoms with Gasteiger partial charge in [0.25, 0.3) is 0 Å². The molecule has 1 saturated carbocycles. The molecule has 1 aliphatic carbocycles. The summed E-state index contributed by atoms with van der Waals surface area (Å²) in [5.74, 6) is 1.35. The van der Waals surface area contributed by atoms with Gasteiger partial charge in [-0.1, -0.05) is 19.9 Å². The van der Waals surface area contributed by atoms with Gasteiger partial charge in [0.05, 0.1) is 13.2 Å². The molecule has 2 N–H and O–H groups in total. The molecular formula is C20H31N3O3. The van der Waals surface area contributed by atoms with E-state index in [0.717, 1.165) is 44.3 Å². The van der Waals surface area contributed by atoms with Crippen LogP contribution < -0.4 is 10.1 Å². The van der Waals surface area contributed by atoms with E-state index in [-0.39, 0.29) is 24.0 Å². The van der Waals surface area contributed by atoms with Crippen molar-refractivity contribution < 1.29 is 14.6 Å². The minimum Gasteiger partial charge on any atom is -0.481 e. The van der Waals surface area contributed by atoms with Gasteiger partial charge in [0.2, 0.25) is 11.8 Å². The van der Waals surface area contributed by atoms with Crippen LogP contribution in [0.4, 0.5) is 0 Å². The largest absolute Gasteiger partial charge is 0.481 e. The van der Waals surface area contributed by atoms with E-state index in [1.165, 1.54) is 0 Å². The number of aromatic nitrogens is 1. The topological polar surface area (TPSA) is 74.7 Å². The molecule has 1 aromatic heterocycles. The number of nitrogens with one attached hydrogen (secondary N) is 1. The van der Waals surface area contributed by atoms with Crippen LogP contribution in [0.5, 0.6) is 5.88 Å². The normalized spacial score (nSPS) is 25.0. The van der Waals surface area contributed by atoms with Crippen LogP contribution in [-0.2, 0) is 4.79 Å². The number of rotatable bonds is 6. The molecule has 2 aliphatic rings. The Morgan fingerprint density at radius 3 is 2.50 bits per heavy atom. The number of methoxy groups -OCH3 is 1. The predicted molar refractivity (Wildman–Crippen MR) is 99.8 cm³/mol. The van der Waals surface area contributed by atoms with E-state index in [2.05, 4.69) is 16.4 Å². The van der Waals surface area contributed by atoms with Gasteiger partial charge in [0.15, 0.2) is 0 Å². The fraction of sp³-hybridized carbons (Fsp3) is 0.700. The van der Waals surface area contributed by atoms with E-state index in [1.807, 2.05) is 31.0 Å². The van der Waals surface area contributed by atoms with Crippen LogP contribution in [0.2, 0.25) is 0 Å². The van der Waals surface area contributed by atoms with Crippen molar-refractivity contribution >= 4 is 5.91 Å². The van der Waals surface area contributed by atoms with Gasteiger partial charge in [-0.2, -0.15) is 0 Å². The molecule has 1 aromatic rings. The molecule has 1 unspecified atom stereocenters. The van der Waals surface area contributed by atoms with Crippen LogP contribution in [-0.4, -0.2) is 53.2 Å². The number of carbonyl (C=O) groups is 1. The zero-order valence-electron chi connectivity index (χ0n) is 16.0. The first-order valence-corrected chi connectivity index (χ1v) is 9.70. The molecule has 3 rings (SSSR count). The van der Waals surface area contributed by atoms with Gasteiger partial charge in [-0.05, 0) is 37.2 Å². The van der Waals surface area contributed by atoms with Crippen molar-refractivity contribution in [2.75, 3.05) is 20.2 Å². The van der Waals surface area contributed by atoms with Crippen LogP contribution >= 0.6 is 0 Å². The number of ether oxygens (including phenoxy) is 1. The van der Waals surface area contributed by atoms with E-state index in [9.17, 15) is 9.90 Å². The Kier molecular flexibility index (Phi) is 6.14. The Hall–Kier alpha value is -1.66. The zero-order chi connectivity index (χ0) is 18.7. The molecular weight excluding hydrogens is 330 g/mol. The Bertz CT molecular complexity index is 591. The van der Waals surface area contributed by atoms with Gasteiger partial charge in [0, 0.05) is 43.4 Å². The third kappa shape index (κ3) is 4.35. The van der Waals surface area contributed by atoms with Crippen molar-refractivity contribution in [1.29, 1.82) is 0 Å². The summed E-state index contributed by atoms with van der Waals surface area (Å²) in [6.07, 6.45) is 5.28. The maximum atomic E-state index is 12.2. The monoisotopic (exact) mass is 361 g/mol. The molecule has 144 valence electrons. The number of aliphatic hydroxyl groups is 1. The Balaban J connectivity index is 1.62. The van der Waals surface area contributed by atoms with Gasteiger partial charge in [-0.25, -0.2) is 4.98 Å². The zero-order valence-corrected chi connectivity index (χ0v) is 16.0. The number of hydrogen-bond donors (Lipinski definition) is 2. The second kappa shape index (κ2) is 8.35. The van der Waals surface area contributed by atoms with Crippen molar-refractivity contribution in [3.8, 4) is 5.88 Å². The lowest BCUT2D eigenvalue weighted by Crippen LogP contribution is -2.49. The predicted octanol–water partition coefficient (Wildman–Crippen LogP) is 2.14. The molecule has 2 heterocycles.